The average molecular weight is 441 g/mol. The van der Waals surface area contributed by atoms with E-state index >= 15 is 0 Å². The van der Waals surface area contributed by atoms with Crippen LogP contribution in [0.3, 0.4) is 0 Å². The molecule has 1 aromatic rings. The highest BCUT2D eigenvalue weighted by Crippen LogP contribution is 2.38. The van der Waals surface area contributed by atoms with E-state index in [-0.39, 0.29) is 12.1 Å². The highest BCUT2D eigenvalue weighted by molar-refractivity contribution is 5.89. The molecule has 0 N–H and O–H groups in total. The minimum absolute atomic E-state index is 0.122. The molecular weight excluding hydrogens is 392 g/mol. The fraction of sp³-hybridized carbons (Fsp3) is 0.767. The molecule has 2 saturated carbocycles. The second-order valence-corrected chi connectivity index (χ2v) is 10.7. The number of rotatable bonds is 12. The SMILES string of the molecule is CCCCCCC1CCC(OC(=O)c2ccc(C3CCC(CCCCC)CC3)cc2)CC1. The highest BCUT2D eigenvalue weighted by Gasteiger charge is 2.25. The minimum Gasteiger partial charge on any atom is -0.459 e. The van der Waals surface area contributed by atoms with Crippen LogP contribution in [-0.4, -0.2) is 12.1 Å². The summed E-state index contributed by atoms with van der Waals surface area (Å²) in [5, 5.41) is 0. The topological polar surface area (TPSA) is 26.3 Å². The molecule has 0 atom stereocenters. The molecule has 0 bridgehead atoms. The lowest BCUT2D eigenvalue weighted by molar-refractivity contribution is 0.0161. The first-order valence-electron chi connectivity index (χ1n) is 14.0. The van der Waals surface area contributed by atoms with Gasteiger partial charge in [0.1, 0.15) is 6.10 Å². The Morgan fingerprint density at radius 3 is 1.84 bits per heavy atom. The van der Waals surface area contributed by atoms with Gasteiger partial charge in [0.25, 0.3) is 0 Å². The maximum atomic E-state index is 12.7. The molecule has 0 saturated heterocycles. The van der Waals surface area contributed by atoms with Gasteiger partial charge in [-0.05, 0) is 86.8 Å². The molecule has 2 aliphatic rings. The average Bonchev–Trinajstić information content (AvgIpc) is 2.83. The van der Waals surface area contributed by atoms with Gasteiger partial charge in [0.15, 0.2) is 0 Å². The summed E-state index contributed by atoms with van der Waals surface area (Å²) in [5.41, 5.74) is 2.14. The highest BCUT2D eigenvalue weighted by atomic mass is 16.5. The van der Waals surface area contributed by atoms with Crippen LogP contribution in [0.1, 0.15) is 145 Å². The molecule has 180 valence electrons. The van der Waals surface area contributed by atoms with Gasteiger partial charge in [-0.25, -0.2) is 4.79 Å². The normalized spacial score (nSPS) is 26.1. The lowest BCUT2D eigenvalue weighted by Crippen LogP contribution is -2.24. The number of carbonyl (C=O) groups is 1. The molecule has 2 nitrogen and oxygen atoms in total. The first-order valence-corrected chi connectivity index (χ1v) is 14.0. The molecule has 0 amide bonds. The van der Waals surface area contributed by atoms with Gasteiger partial charge in [0.2, 0.25) is 0 Å². The molecule has 2 fully saturated rings. The van der Waals surface area contributed by atoms with Crippen molar-refractivity contribution in [1.29, 1.82) is 0 Å². The first kappa shape index (κ1) is 25.3. The second-order valence-electron chi connectivity index (χ2n) is 10.7. The van der Waals surface area contributed by atoms with Crippen molar-refractivity contribution in [1.82, 2.24) is 0 Å². The van der Waals surface area contributed by atoms with Crippen molar-refractivity contribution in [2.24, 2.45) is 11.8 Å². The van der Waals surface area contributed by atoms with Crippen LogP contribution in [0.2, 0.25) is 0 Å². The van der Waals surface area contributed by atoms with Gasteiger partial charge in [0.05, 0.1) is 5.56 Å². The minimum atomic E-state index is -0.123. The third kappa shape index (κ3) is 8.23. The van der Waals surface area contributed by atoms with Crippen LogP contribution in [0.5, 0.6) is 0 Å². The van der Waals surface area contributed by atoms with Gasteiger partial charge in [-0.15, -0.1) is 0 Å². The summed E-state index contributed by atoms with van der Waals surface area (Å²) in [5.74, 6) is 2.35. The molecule has 0 unspecified atom stereocenters. The number of benzene rings is 1. The Morgan fingerprint density at radius 2 is 1.25 bits per heavy atom. The molecule has 2 aliphatic carbocycles. The molecule has 1 aromatic carbocycles. The number of carbonyl (C=O) groups excluding carboxylic acids is 1. The predicted molar refractivity (Wildman–Crippen MR) is 135 cm³/mol. The maximum absolute atomic E-state index is 12.7. The quantitative estimate of drug-likeness (QED) is 0.239. The Kier molecular flexibility index (Phi) is 11.1. The van der Waals surface area contributed by atoms with Crippen LogP contribution in [0, 0.1) is 11.8 Å². The number of hydrogen-bond donors (Lipinski definition) is 0. The van der Waals surface area contributed by atoms with E-state index in [1.165, 1.54) is 102 Å². The van der Waals surface area contributed by atoms with E-state index in [0.29, 0.717) is 5.92 Å². The number of unbranched alkanes of at least 4 members (excludes halogenated alkanes) is 5. The van der Waals surface area contributed by atoms with E-state index < -0.39 is 0 Å². The first-order chi connectivity index (χ1) is 15.7. The van der Waals surface area contributed by atoms with E-state index in [4.69, 9.17) is 4.74 Å². The zero-order chi connectivity index (χ0) is 22.6. The van der Waals surface area contributed by atoms with Gasteiger partial charge in [-0.2, -0.15) is 0 Å². The zero-order valence-corrected chi connectivity index (χ0v) is 21.0. The Labute approximate surface area is 197 Å². The van der Waals surface area contributed by atoms with Crippen LogP contribution in [0.15, 0.2) is 24.3 Å². The molecule has 2 heteroatoms. The summed E-state index contributed by atoms with van der Waals surface area (Å²) >= 11 is 0. The van der Waals surface area contributed by atoms with E-state index in [1.807, 2.05) is 12.1 Å². The number of esters is 1. The van der Waals surface area contributed by atoms with Crippen LogP contribution in [0.25, 0.3) is 0 Å². The summed E-state index contributed by atoms with van der Waals surface area (Å²) in [7, 11) is 0. The van der Waals surface area contributed by atoms with Crippen LogP contribution in [-0.2, 0) is 4.74 Å². The third-order valence-electron chi connectivity index (χ3n) is 8.21. The van der Waals surface area contributed by atoms with E-state index in [1.54, 1.807) is 0 Å². The van der Waals surface area contributed by atoms with Gasteiger partial charge in [0, 0.05) is 0 Å². The summed E-state index contributed by atoms with van der Waals surface area (Å²) in [4.78, 5) is 12.7. The molecule has 32 heavy (non-hydrogen) atoms. The predicted octanol–water partition coefficient (Wildman–Crippen LogP) is 9.23. The summed E-state index contributed by atoms with van der Waals surface area (Å²) in [6, 6.07) is 8.38. The third-order valence-corrected chi connectivity index (χ3v) is 8.21. The lowest BCUT2D eigenvalue weighted by atomic mass is 9.77. The van der Waals surface area contributed by atoms with E-state index in [2.05, 4.69) is 26.0 Å². The Hall–Kier alpha value is -1.31. The zero-order valence-electron chi connectivity index (χ0n) is 21.0. The van der Waals surface area contributed by atoms with Crippen LogP contribution < -0.4 is 0 Å². The van der Waals surface area contributed by atoms with E-state index in [0.717, 1.165) is 30.2 Å². The van der Waals surface area contributed by atoms with Crippen molar-refractivity contribution < 1.29 is 9.53 Å². The van der Waals surface area contributed by atoms with Crippen molar-refractivity contribution in [2.45, 2.75) is 135 Å². The molecular formula is C30H48O2. The van der Waals surface area contributed by atoms with Crippen molar-refractivity contribution in [3.63, 3.8) is 0 Å². The largest absolute Gasteiger partial charge is 0.459 e. The monoisotopic (exact) mass is 440 g/mol. The van der Waals surface area contributed by atoms with Crippen LogP contribution >= 0.6 is 0 Å². The fourth-order valence-electron chi connectivity index (χ4n) is 5.98. The second kappa shape index (κ2) is 14.1. The maximum Gasteiger partial charge on any atom is 0.338 e. The summed E-state index contributed by atoms with van der Waals surface area (Å²) < 4.78 is 5.88. The van der Waals surface area contributed by atoms with Crippen molar-refractivity contribution >= 4 is 5.97 Å². The van der Waals surface area contributed by atoms with Gasteiger partial charge >= 0.3 is 5.97 Å². The molecule has 0 spiro atoms. The summed E-state index contributed by atoms with van der Waals surface area (Å²) in [6.45, 7) is 4.56. The van der Waals surface area contributed by atoms with Crippen molar-refractivity contribution in [3.8, 4) is 0 Å². The van der Waals surface area contributed by atoms with Crippen molar-refractivity contribution in [3.05, 3.63) is 35.4 Å². The van der Waals surface area contributed by atoms with Crippen molar-refractivity contribution in [2.75, 3.05) is 0 Å². The van der Waals surface area contributed by atoms with Crippen LogP contribution in [0.4, 0.5) is 0 Å². The lowest BCUT2D eigenvalue weighted by Gasteiger charge is -2.29. The Balaban J connectivity index is 1.36. The standard InChI is InChI=1S/C30H48O2/c1-3-5-7-9-11-25-14-22-29(23-15-25)32-30(31)28-20-18-27(19-21-28)26-16-12-24(13-17-26)10-8-6-4-2/h18-21,24-26,29H,3-17,22-23H2,1-2H3. The van der Waals surface area contributed by atoms with E-state index in [9.17, 15) is 4.79 Å². The molecule has 0 aromatic heterocycles. The Morgan fingerprint density at radius 1 is 0.719 bits per heavy atom. The van der Waals surface area contributed by atoms with Gasteiger partial charge < -0.3 is 4.74 Å². The number of ether oxygens (including phenoxy) is 1. The smallest absolute Gasteiger partial charge is 0.338 e. The molecule has 3 rings (SSSR count). The fourth-order valence-corrected chi connectivity index (χ4v) is 5.98. The summed E-state index contributed by atoms with van der Waals surface area (Å²) in [6.07, 6.45) is 22.4. The molecule has 0 heterocycles. The van der Waals surface area contributed by atoms with Gasteiger partial charge in [-0.3, -0.25) is 0 Å². The number of hydrogen-bond acceptors (Lipinski definition) is 2. The molecule has 0 radical (unpaired) electrons. The van der Waals surface area contributed by atoms with Gasteiger partial charge in [-0.1, -0.05) is 83.8 Å². The Bertz CT molecular complexity index is 633. The molecule has 0 aliphatic heterocycles.